The van der Waals surface area contributed by atoms with Gasteiger partial charge in [-0.05, 0) is 48.7 Å². The normalized spacial score (nSPS) is 10.2. The molecule has 0 saturated heterocycles. The fourth-order valence-electron chi connectivity index (χ4n) is 2.39. The maximum atomic E-state index is 12.0. The van der Waals surface area contributed by atoms with E-state index >= 15 is 0 Å². The number of carbonyl (C=O) groups is 2. The number of rotatable bonds is 8. The summed E-state index contributed by atoms with van der Waals surface area (Å²) in [5, 5.41) is 2.91. The Bertz CT molecular complexity index is 693. The zero-order chi connectivity index (χ0) is 18.1. The summed E-state index contributed by atoms with van der Waals surface area (Å²) in [6.07, 6.45) is 1.05. The number of benzene rings is 2. The molecule has 0 radical (unpaired) electrons. The van der Waals surface area contributed by atoms with Gasteiger partial charge in [-0.15, -0.1) is 0 Å². The lowest BCUT2D eigenvalue weighted by Crippen LogP contribution is -2.27. The minimum atomic E-state index is -0.352. The second-order valence-electron chi connectivity index (χ2n) is 5.54. The molecule has 0 aliphatic heterocycles. The van der Waals surface area contributed by atoms with Crippen LogP contribution in [0.25, 0.3) is 0 Å². The zero-order valence-corrected chi connectivity index (χ0v) is 14.6. The lowest BCUT2D eigenvalue weighted by atomic mass is 10.1. The van der Waals surface area contributed by atoms with Gasteiger partial charge in [0.15, 0.2) is 0 Å². The Morgan fingerprint density at radius 2 is 1.60 bits per heavy atom. The fourth-order valence-corrected chi connectivity index (χ4v) is 2.39. The molecule has 0 aromatic heterocycles. The van der Waals surface area contributed by atoms with Crippen molar-refractivity contribution in [3.05, 3.63) is 65.2 Å². The van der Waals surface area contributed by atoms with Crippen molar-refractivity contribution in [1.29, 1.82) is 0 Å². The maximum absolute atomic E-state index is 12.0. The first-order chi connectivity index (χ1) is 12.1. The van der Waals surface area contributed by atoms with Gasteiger partial charge >= 0.3 is 5.97 Å². The number of carbonyl (C=O) groups excluding carboxylic acids is 2. The summed E-state index contributed by atoms with van der Waals surface area (Å²) in [5.41, 5.74) is 2.52. The molecule has 1 amide bonds. The quantitative estimate of drug-likeness (QED) is 0.750. The van der Waals surface area contributed by atoms with Crippen LogP contribution in [-0.4, -0.2) is 32.1 Å². The van der Waals surface area contributed by atoms with Crippen molar-refractivity contribution in [3.63, 3.8) is 0 Å². The Hall–Kier alpha value is -2.82. The second kappa shape index (κ2) is 9.47. The van der Waals surface area contributed by atoms with Gasteiger partial charge in [-0.1, -0.05) is 24.3 Å². The van der Waals surface area contributed by atoms with Crippen LogP contribution in [-0.2, 0) is 22.4 Å². The Morgan fingerprint density at radius 1 is 0.960 bits per heavy atom. The molecule has 0 saturated carbocycles. The monoisotopic (exact) mass is 341 g/mol. The molecule has 0 unspecified atom stereocenters. The number of nitrogens with one attached hydrogen (secondary N) is 1. The first-order valence-corrected chi connectivity index (χ1v) is 8.28. The minimum absolute atomic E-state index is 0.0182. The van der Waals surface area contributed by atoms with Gasteiger partial charge < -0.3 is 14.8 Å². The molecule has 0 aliphatic carbocycles. The molecule has 0 bridgehead atoms. The molecule has 0 atom stereocenters. The summed E-state index contributed by atoms with van der Waals surface area (Å²) in [5.74, 6) is 0.438. The third-order valence-electron chi connectivity index (χ3n) is 3.71. The molecule has 132 valence electrons. The van der Waals surface area contributed by atoms with Gasteiger partial charge in [0.25, 0.3) is 0 Å². The highest BCUT2D eigenvalue weighted by Crippen LogP contribution is 2.12. The van der Waals surface area contributed by atoms with Crippen molar-refractivity contribution in [2.45, 2.75) is 19.8 Å². The molecule has 0 heterocycles. The summed E-state index contributed by atoms with van der Waals surface area (Å²) in [4.78, 5) is 23.4. The third kappa shape index (κ3) is 5.95. The molecule has 2 rings (SSSR count). The first kappa shape index (κ1) is 18.5. The van der Waals surface area contributed by atoms with E-state index in [2.05, 4.69) is 10.1 Å². The predicted molar refractivity (Wildman–Crippen MR) is 95.8 cm³/mol. The SMILES string of the molecule is CCOc1ccc(CC(=O)NCCc2ccc(C(=O)OC)cc2)cc1. The van der Waals surface area contributed by atoms with Crippen molar-refractivity contribution in [2.75, 3.05) is 20.3 Å². The fraction of sp³-hybridized carbons (Fsp3) is 0.300. The summed E-state index contributed by atoms with van der Waals surface area (Å²) >= 11 is 0. The van der Waals surface area contributed by atoms with Crippen LogP contribution in [0.4, 0.5) is 0 Å². The number of ether oxygens (including phenoxy) is 2. The molecule has 5 nitrogen and oxygen atoms in total. The molecule has 0 fully saturated rings. The topological polar surface area (TPSA) is 64.6 Å². The Kier molecular flexibility index (Phi) is 7.01. The Morgan fingerprint density at radius 3 is 2.20 bits per heavy atom. The van der Waals surface area contributed by atoms with Gasteiger partial charge in [-0.3, -0.25) is 4.79 Å². The lowest BCUT2D eigenvalue weighted by Gasteiger charge is -2.07. The number of methoxy groups -OCH3 is 1. The molecule has 0 aliphatic rings. The van der Waals surface area contributed by atoms with E-state index in [4.69, 9.17) is 4.74 Å². The molecule has 1 N–H and O–H groups in total. The van der Waals surface area contributed by atoms with Gasteiger partial charge in [-0.2, -0.15) is 0 Å². The number of amides is 1. The number of hydrogen-bond acceptors (Lipinski definition) is 4. The molecule has 2 aromatic rings. The summed E-state index contributed by atoms with van der Waals surface area (Å²) in [6, 6.07) is 14.7. The van der Waals surface area contributed by atoms with E-state index in [1.807, 2.05) is 43.3 Å². The minimum Gasteiger partial charge on any atom is -0.494 e. The largest absolute Gasteiger partial charge is 0.494 e. The highest BCUT2D eigenvalue weighted by atomic mass is 16.5. The van der Waals surface area contributed by atoms with E-state index in [0.717, 1.165) is 16.9 Å². The number of hydrogen-bond donors (Lipinski definition) is 1. The zero-order valence-electron chi connectivity index (χ0n) is 14.6. The van der Waals surface area contributed by atoms with Gasteiger partial charge in [0, 0.05) is 6.54 Å². The van der Waals surface area contributed by atoms with Crippen molar-refractivity contribution in [3.8, 4) is 5.75 Å². The van der Waals surface area contributed by atoms with Crippen molar-refractivity contribution in [2.24, 2.45) is 0 Å². The van der Waals surface area contributed by atoms with Gasteiger partial charge in [0.1, 0.15) is 5.75 Å². The van der Waals surface area contributed by atoms with Gasteiger partial charge in [-0.25, -0.2) is 4.79 Å². The molecular formula is C20H23NO4. The van der Waals surface area contributed by atoms with E-state index in [1.165, 1.54) is 7.11 Å². The van der Waals surface area contributed by atoms with E-state index < -0.39 is 0 Å². The summed E-state index contributed by atoms with van der Waals surface area (Å²) in [6.45, 7) is 3.11. The number of esters is 1. The van der Waals surface area contributed by atoms with Gasteiger partial charge in [0.05, 0.1) is 25.7 Å². The molecule has 2 aromatic carbocycles. The molecule has 0 spiro atoms. The highest BCUT2D eigenvalue weighted by Gasteiger charge is 2.06. The van der Waals surface area contributed by atoms with Crippen LogP contribution in [0, 0.1) is 0 Å². The van der Waals surface area contributed by atoms with Crippen LogP contribution in [0.2, 0.25) is 0 Å². The molecule has 5 heteroatoms. The lowest BCUT2D eigenvalue weighted by molar-refractivity contribution is -0.120. The van der Waals surface area contributed by atoms with E-state index in [0.29, 0.717) is 31.6 Å². The second-order valence-corrected chi connectivity index (χ2v) is 5.54. The van der Waals surface area contributed by atoms with Crippen molar-refractivity contribution >= 4 is 11.9 Å². The van der Waals surface area contributed by atoms with Crippen LogP contribution in [0.1, 0.15) is 28.4 Å². The van der Waals surface area contributed by atoms with E-state index in [1.54, 1.807) is 12.1 Å². The highest BCUT2D eigenvalue weighted by molar-refractivity contribution is 5.89. The van der Waals surface area contributed by atoms with Gasteiger partial charge in [0.2, 0.25) is 5.91 Å². The van der Waals surface area contributed by atoms with Crippen LogP contribution < -0.4 is 10.1 Å². The summed E-state index contributed by atoms with van der Waals surface area (Å²) in [7, 11) is 1.36. The molecule has 25 heavy (non-hydrogen) atoms. The standard InChI is InChI=1S/C20H23NO4/c1-3-25-18-10-6-16(7-11-18)14-19(22)21-13-12-15-4-8-17(9-5-15)20(23)24-2/h4-11H,3,12-14H2,1-2H3,(H,21,22). The predicted octanol–water partition coefficient (Wildman–Crippen LogP) is 2.77. The Balaban J connectivity index is 1.75. The van der Waals surface area contributed by atoms with Crippen molar-refractivity contribution < 1.29 is 19.1 Å². The van der Waals surface area contributed by atoms with E-state index in [9.17, 15) is 9.59 Å². The molecular weight excluding hydrogens is 318 g/mol. The average molecular weight is 341 g/mol. The van der Waals surface area contributed by atoms with Crippen molar-refractivity contribution in [1.82, 2.24) is 5.32 Å². The average Bonchev–Trinajstić information content (AvgIpc) is 2.63. The van der Waals surface area contributed by atoms with Crippen LogP contribution in [0.5, 0.6) is 5.75 Å². The smallest absolute Gasteiger partial charge is 0.337 e. The van der Waals surface area contributed by atoms with E-state index in [-0.39, 0.29) is 11.9 Å². The van der Waals surface area contributed by atoms with Crippen LogP contribution in [0.3, 0.4) is 0 Å². The maximum Gasteiger partial charge on any atom is 0.337 e. The summed E-state index contributed by atoms with van der Waals surface area (Å²) < 4.78 is 10.0. The van der Waals surface area contributed by atoms with Crippen LogP contribution >= 0.6 is 0 Å². The Labute approximate surface area is 148 Å². The third-order valence-corrected chi connectivity index (χ3v) is 3.71. The first-order valence-electron chi connectivity index (χ1n) is 8.28. The van der Waals surface area contributed by atoms with Crippen LogP contribution in [0.15, 0.2) is 48.5 Å².